The summed E-state index contributed by atoms with van der Waals surface area (Å²) < 4.78 is 10.8. The Hall–Kier alpha value is -2.04. The van der Waals surface area contributed by atoms with E-state index in [0.29, 0.717) is 32.5 Å². The molecule has 5 nitrogen and oxygen atoms in total. The van der Waals surface area contributed by atoms with Gasteiger partial charge in [0.2, 0.25) is 0 Å². The van der Waals surface area contributed by atoms with Crippen LogP contribution in [0.2, 0.25) is 0 Å². The summed E-state index contributed by atoms with van der Waals surface area (Å²) in [5.74, 6) is 0.523. The van der Waals surface area contributed by atoms with Gasteiger partial charge in [0.05, 0.1) is 12.5 Å². The van der Waals surface area contributed by atoms with Gasteiger partial charge in [-0.3, -0.25) is 9.59 Å². The van der Waals surface area contributed by atoms with Crippen LogP contribution in [0.5, 0.6) is 5.75 Å². The van der Waals surface area contributed by atoms with Crippen molar-refractivity contribution in [1.82, 2.24) is 4.90 Å². The van der Waals surface area contributed by atoms with Gasteiger partial charge in [0.1, 0.15) is 5.75 Å². The molecule has 1 fully saturated rings. The maximum Gasteiger partial charge on any atom is 0.309 e. The Morgan fingerprint density at radius 2 is 1.71 bits per heavy atom. The molecule has 0 bridgehead atoms. The molecule has 1 aromatic rings. The fraction of sp³-hybridized carbons (Fsp3) is 0.579. The lowest BCUT2D eigenvalue weighted by Crippen LogP contribution is -2.42. The smallest absolute Gasteiger partial charge is 0.309 e. The van der Waals surface area contributed by atoms with Gasteiger partial charge in [-0.15, -0.1) is 0 Å². The van der Waals surface area contributed by atoms with Gasteiger partial charge in [-0.2, -0.15) is 0 Å². The van der Waals surface area contributed by atoms with Crippen molar-refractivity contribution in [1.29, 1.82) is 0 Å². The van der Waals surface area contributed by atoms with E-state index in [0.717, 1.165) is 16.9 Å². The van der Waals surface area contributed by atoms with Crippen LogP contribution in [-0.2, 0) is 14.3 Å². The highest BCUT2D eigenvalue weighted by Gasteiger charge is 2.28. The van der Waals surface area contributed by atoms with Crippen LogP contribution in [0.1, 0.15) is 36.5 Å². The van der Waals surface area contributed by atoms with Crippen LogP contribution >= 0.6 is 0 Å². The number of carbonyl (C=O) groups excluding carboxylic acids is 2. The maximum atomic E-state index is 12.3. The third-order valence-electron chi connectivity index (χ3n) is 4.41. The molecule has 0 aliphatic carbocycles. The number of hydrogen-bond donors (Lipinski definition) is 0. The summed E-state index contributed by atoms with van der Waals surface area (Å²) in [5.41, 5.74) is 3.27. The number of piperidine rings is 1. The highest BCUT2D eigenvalue weighted by molar-refractivity contribution is 5.78. The summed E-state index contributed by atoms with van der Waals surface area (Å²) in [6.45, 7) is 9.44. The molecule has 0 radical (unpaired) electrons. The van der Waals surface area contributed by atoms with E-state index in [-0.39, 0.29) is 24.4 Å². The first-order chi connectivity index (χ1) is 11.4. The van der Waals surface area contributed by atoms with Gasteiger partial charge in [0.15, 0.2) is 6.61 Å². The molecule has 0 saturated carbocycles. The quantitative estimate of drug-likeness (QED) is 0.778. The molecular formula is C19H27NO4. The topological polar surface area (TPSA) is 55.8 Å². The molecule has 0 unspecified atom stereocenters. The first-order valence-corrected chi connectivity index (χ1v) is 8.57. The van der Waals surface area contributed by atoms with Crippen LogP contribution < -0.4 is 4.74 Å². The molecule has 1 saturated heterocycles. The van der Waals surface area contributed by atoms with E-state index >= 15 is 0 Å². The number of amides is 1. The minimum Gasteiger partial charge on any atom is -0.483 e. The molecule has 1 amide bonds. The van der Waals surface area contributed by atoms with Gasteiger partial charge in [-0.05, 0) is 51.7 Å². The van der Waals surface area contributed by atoms with Crippen molar-refractivity contribution >= 4 is 11.9 Å². The summed E-state index contributed by atoms with van der Waals surface area (Å²) in [4.78, 5) is 25.9. The minimum atomic E-state index is -0.147. The summed E-state index contributed by atoms with van der Waals surface area (Å²) in [6.07, 6.45) is 1.32. The molecule has 1 aliphatic heterocycles. The third kappa shape index (κ3) is 4.49. The SMILES string of the molecule is CCOC(=O)C1CCN(C(=O)COc2c(C)cc(C)cc2C)CC1. The largest absolute Gasteiger partial charge is 0.483 e. The molecule has 0 spiro atoms. The lowest BCUT2D eigenvalue weighted by molar-refractivity contribution is -0.151. The number of rotatable bonds is 5. The van der Waals surface area contributed by atoms with Crippen LogP contribution in [0.3, 0.4) is 0 Å². The van der Waals surface area contributed by atoms with Gasteiger partial charge in [0.25, 0.3) is 5.91 Å². The van der Waals surface area contributed by atoms with E-state index in [1.165, 1.54) is 5.56 Å². The zero-order valence-electron chi connectivity index (χ0n) is 15.1. The first-order valence-electron chi connectivity index (χ1n) is 8.57. The minimum absolute atomic E-state index is 0.0308. The van der Waals surface area contributed by atoms with Crippen molar-refractivity contribution in [2.24, 2.45) is 5.92 Å². The van der Waals surface area contributed by atoms with E-state index in [4.69, 9.17) is 9.47 Å². The predicted molar refractivity (Wildman–Crippen MR) is 92.1 cm³/mol. The maximum absolute atomic E-state index is 12.3. The number of likely N-dealkylation sites (tertiary alicyclic amines) is 1. The van der Waals surface area contributed by atoms with E-state index in [2.05, 4.69) is 12.1 Å². The van der Waals surface area contributed by atoms with Crippen LogP contribution in [0, 0.1) is 26.7 Å². The Labute approximate surface area is 143 Å². The number of ether oxygens (including phenoxy) is 2. The monoisotopic (exact) mass is 333 g/mol. The second kappa shape index (κ2) is 8.18. The molecule has 1 heterocycles. The fourth-order valence-corrected chi connectivity index (χ4v) is 3.24. The van der Waals surface area contributed by atoms with Crippen molar-refractivity contribution < 1.29 is 19.1 Å². The predicted octanol–water partition coefficient (Wildman–Crippen LogP) is 2.79. The van der Waals surface area contributed by atoms with Crippen LogP contribution in [-0.4, -0.2) is 43.1 Å². The lowest BCUT2D eigenvalue weighted by atomic mass is 9.97. The van der Waals surface area contributed by atoms with Gasteiger partial charge in [-0.25, -0.2) is 0 Å². The molecule has 0 aromatic heterocycles. The summed E-state index contributed by atoms with van der Waals surface area (Å²) in [7, 11) is 0. The van der Waals surface area contributed by atoms with Gasteiger partial charge in [0, 0.05) is 13.1 Å². The Kier molecular flexibility index (Phi) is 6.23. The van der Waals surface area contributed by atoms with Crippen molar-refractivity contribution in [3.05, 3.63) is 28.8 Å². The number of benzene rings is 1. The number of nitrogens with zero attached hydrogens (tertiary/aromatic N) is 1. The number of carbonyl (C=O) groups is 2. The van der Waals surface area contributed by atoms with E-state index in [9.17, 15) is 9.59 Å². The molecular weight excluding hydrogens is 306 g/mol. The molecule has 2 rings (SSSR count). The first kappa shape index (κ1) is 18.3. The van der Waals surface area contributed by atoms with Crippen molar-refractivity contribution in [2.45, 2.75) is 40.5 Å². The molecule has 132 valence electrons. The standard InChI is InChI=1S/C19H27NO4/c1-5-23-19(22)16-6-8-20(9-7-16)17(21)12-24-18-14(3)10-13(2)11-15(18)4/h10-11,16H,5-9,12H2,1-4H3. The third-order valence-corrected chi connectivity index (χ3v) is 4.41. The highest BCUT2D eigenvalue weighted by atomic mass is 16.5. The Morgan fingerprint density at radius 3 is 2.25 bits per heavy atom. The van der Waals surface area contributed by atoms with Crippen molar-refractivity contribution in [3.8, 4) is 5.75 Å². The van der Waals surface area contributed by atoms with E-state index < -0.39 is 0 Å². The van der Waals surface area contributed by atoms with Gasteiger partial charge in [-0.1, -0.05) is 17.7 Å². The van der Waals surface area contributed by atoms with Gasteiger partial charge < -0.3 is 14.4 Å². The summed E-state index contributed by atoms with van der Waals surface area (Å²) in [5, 5.41) is 0. The van der Waals surface area contributed by atoms with Crippen LogP contribution in [0.25, 0.3) is 0 Å². The Balaban J connectivity index is 1.85. The van der Waals surface area contributed by atoms with Crippen molar-refractivity contribution in [3.63, 3.8) is 0 Å². The van der Waals surface area contributed by atoms with Crippen molar-refractivity contribution in [2.75, 3.05) is 26.3 Å². The van der Waals surface area contributed by atoms with E-state index in [1.54, 1.807) is 4.90 Å². The van der Waals surface area contributed by atoms with Crippen LogP contribution in [0.15, 0.2) is 12.1 Å². The zero-order chi connectivity index (χ0) is 17.7. The average molecular weight is 333 g/mol. The molecule has 0 atom stereocenters. The van der Waals surface area contributed by atoms with E-state index in [1.807, 2.05) is 27.7 Å². The zero-order valence-corrected chi connectivity index (χ0v) is 15.1. The Morgan fingerprint density at radius 1 is 1.12 bits per heavy atom. The Bertz CT molecular complexity index is 580. The molecule has 0 N–H and O–H groups in total. The average Bonchev–Trinajstić information content (AvgIpc) is 2.54. The second-order valence-electron chi connectivity index (χ2n) is 6.42. The molecule has 1 aliphatic rings. The number of hydrogen-bond acceptors (Lipinski definition) is 4. The highest BCUT2D eigenvalue weighted by Crippen LogP contribution is 2.25. The second-order valence-corrected chi connectivity index (χ2v) is 6.42. The van der Waals surface area contributed by atoms with Crippen LogP contribution in [0.4, 0.5) is 0 Å². The summed E-state index contributed by atoms with van der Waals surface area (Å²) >= 11 is 0. The van der Waals surface area contributed by atoms with Gasteiger partial charge >= 0.3 is 5.97 Å². The molecule has 24 heavy (non-hydrogen) atoms. The number of esters is 1. The summed E-state index contributed by atoms with van der Waals surface area (Å²) in [6, 6.07) is 4.11. The normalized spacial score (nSPS) is 15.2. The molecule has 5 heteroatoms. The number of aryl methyl sites for hydroxylation is 3. The lowest BCUT2D eigenvalue weighted by Gasteiger charge is -2.31. The fourth-order valence-electron chi connectivity index (χ4n) is 3.24. The molecule has 1 aromatic carbocycles.